The molecule has 2 aliphatic rings. The Hall–Kier alpha value is -1.66. The van der Waals surface area contributed by atoms with Crippen LogP contribution in [0.5, 0.6) is 0 Å². The van der Waals surface area contributed by atoms with Crippen LogP contribution in [0.4, 0.5) is 4.39 Å². The van der Waals surface area contributed by atoms with Crippen LogP contribution >= 0.6 is 12.4 Å². The fourth-order valence-electron chi connectivity index (χ4n) is 4.10. The Morgan fingerprint density at radius 1 is 1.07 bits per heavy atom. The highest BCUT2D eigenvalue weighted by molar-refractivity contribution is 5.94. The predicted octanol–water partition coefficient (Wildman–Crippen LogP) is 2.95. The smallest absolute Gasteiger partial charge is 0.253 e. The minimum absolute atomic E-state index is 0. The summed E-state index contributed by atoms with van der Waals surface area (Å²) in [6.45, 7) is 6.88. The predicted molar refractivity (Wildman–Crippen MR) is 110 cm³/mol. The van der Waals surface area contributed by atoms with Gasteiger partial charge in [-0.25, -0.2) is 4.39 Å². The molecule has 0 bridgehead atoms. The zero-order valence-corrected chi connectivity index (χ0v) is 17.3. The number of nitrogens with zero attached hydrogens (tertiary/aromatic N) is 2. The number of rotatable bonds is 5. The van der Waals surface area contributed by atoms with E-state index in [1.165, 1.54) is 24.3 Å². The molecule has 0 aromatic heterocycles. The summed E-state index contributed by atoms with van der Waals surface area (Å²) >= 11 is 0. The van der Waals surface area contributed by atoms with E-state index in [0.29, 0.717) is 24.6 Å². The van der Waals surface area contributed by atoms with Gasteiger partial charge in [0.05, 0.1) is 5.92 Å². The first-order valence-corrected chi connectivity index (χ1v) is 10.1. The van der Waals surface area contributed by atoms with Crippen molar-refractivity contribution in [1.29, 1.82) is 0 Å². The molecule has 3 rings (SSSR count). The van der Waals surface area contributed by atoms with Gasteiger partial charge in [-0.2, -0.15) is 0 Å². The van der Waals surface area contributed by atoms with Gasteiger partial charge in [-0.3, -0.25) is 9.59 Å². The van der Waals surface area contributed by atoms with Gasteiger partial charge < -0.3 is 15.1 Å². The molecule has 1 atom stereocenters. The third-order valence-electron chi connectivity index (χ3n) is 5.76. The Labute approximate surface area is 173 Å². The lowest BCUT2D eigenvalue weighted by molar-refractivity contribution is -0.138. The number of likely N-dealkylation sites (tertiary alicyclic amines) is 2. The molecule has 2 aliphatic heterocycles. The molecule has 0 radical (unpaired) electrons. The maximum Gasteiger partial charge on any atom is 0.253 e. The molecule has 2 amide bonds. The molecule has 1 aromatic carbocycles. The Bertz CT molecular complexity index is 648. The molecule has 5 nitrogen and oxygen atoms in total. The van der Waals surface area contributed by atoms with E-state index in [9.17, 15) is 14.0 Å². The van der Waals surface area contributed by atoms with Crippen molar-refractivity contribution in [3.05, 3.63) is 35.6 Å². The number of benzene rings is 1. The highest BCUT2D eigenvalue weighted by atomic mass is 35.5. The molecule has 0 spiro atoms. The molecule has 2 saturated heterocycles. The summed E-state index contributed by atoms with van der Waals surface area (Å²) in [4.78, 5) is 29.3. The van der Waals surface area contributed by atoms with E-state index in [0.717, 1.165) is 51.9 Å². The van der Waals surface area contributed by atoms with E-state index in [2.05, 4.69) is 12.2 Å². The number of nitrogens with one attached hydrogen (secondary N) is 1. The summed E-state index contributed by atoms with van der Waals surface area (Å²) in [7, 11) is 0. The van der Waals surface area contributed by atoms with E-state index in [1.54, 1.807) is 4.90 Å². The standard InChI is InChI=1S/C21H30FN3O2.ClH/c1-2-23-14-16-9-12-24(13-10-16)21(27)18-4-3-11-25(15-18)20(26)17-5-7-19(22)8-6-17;/h5-8,16,18,23H,2-4,9-15H2,1H3;1H. The van der Waals surface area contributed by atoms with E-state index in [1.807, 2.05) is 4.90 Å². The Kier molecular flexibility index (Phi) is 8.70. The minimum atomic E-state index is -0.351. The SMILES string of the molecule is CCNCC1CCN(C(=O)C2CCCN(C(=O)c3ccc(F)cc3)C2)CC1.Cl. The van der Waals surface area contributed by atoms with Crippen LogP contribution in [0.2, 0.25) is 0 Å². The molecule has 2 heterocycles. The molecule has 0 saturated carbocycles. The number of piperidine rings is 2. The third kappa shape index (κ3) is 5.67. The summed E-state index contributed by atoms with van der Waals surface area (Å²) in [5, 5.41) is 3.39. The molecule has 28 heavy (non-hydrogen) atoms. The lowest BCUT2D eigenvalue weighted by atomic mass is 9.92. The monoisotopic (exact) mass is 411 g/mol. The zero-order valence-electron chi connectivity index (χ0n) is 16.5. The van der Waals surface area contributed by atoms with Gasteiger partial charge in [-0.05, 0) is 69.0 Å². The van der Waals surface area contributed by atoms with Gasteiger partial charge in [0, 0.05) is 31.7 Å². The summed E-state index contributed by atoms with van der Waals surface area (Å²) in [5.41, 5.74) is 0.480. The van der Waals surface area contributed by atoms with Crippen molar-refractivity contribution in [3.63, 3.8) is 0 Å². The molecule has 1 unspecified atom stereocenters. The third-order valence-corrected chi connectivity index (χ3v) is 5.76. The normalized spacial score (nSPS) is 20.6. The summed E-state index contributed by atoms with van der Waals surface area (Å²) in [6.07, 6.45) is 3.76. The van der Waals surface area contributed by atoms with Crippen molar-refractivity contribution in [1.82, 2.24) is 15.1 Å². The number of hydrogen-bond donors (Lipinski definition) is 1. The van der Waals surface area contributed by atoms with Gasteiger partial charge in [0.1, 0.15) is 5.82 Å². The molecule has 7 heteroatoms. The fraction of sp³-hybridized carbons (Fsp3) is 0.619. The second kappa shape index (κ2) is 10.8. The molecular formula is C21H31ClFN3O2. The van der Waals surface area contributed by atoms with Crippen molar-refractivity contribution in [2.45, 2.75) is 32.6 Å². The van der Waals surface area contributed by atoms with Crippen LogP contribution in [0.3, 0.4) is 0 Å². The summed E-state index contributed by atoms with van der Waals surface area (Å²) in [5.74, 6) is 0.256. The first-order chi connectivity index (χ1) is 13.1. The number of amides is 2. The second-order valence-electron chi connectivity index (χ2n) is 7.67. The van der Waals surface area contributed by atoms with Gasteiger partial charge in [0.25, 0.3) is 5.91 Å². The first-order valence-electron chi connectivity index (χ1n) is 10.1. The fourth-order valence-corrected chi connectivity index (χ4v) is 4.10. The number of halogens is 2. The van der Waals surface area contributed by atoms with E-state index >= 15 is 0 Å². The van der Waals surface area contributed by atoms with Crippen molar-refractivity contribution in [2.24, 2.45) is 11.8 Å². The molecular weight excluding hydrogens is 381 g/mol. The van der Waals surface area contributed by atoms with E-state index in [-0.39, 0.29) is 36.0 Å². The molecule has 1 aromatic rings. The Balaban J connectivity index is 0.00000280. The number of carbonyl (C=O) groups is 2. The minimum Gasteiger partial charge on any atom is -0.342 e. The maximum absolute atomic E-state index is 13.1. The summed E-state index contributed by atoms with van der Waals surface area (Å²) < 4.78 is 13.1. The van der Waals surface area contributed by atoms with Crippen molar-refractivity contribution >= 4 is 24.2 Å². The molecule has 2 fully saturated rings. The number of carbonyl (C=O) groups excluding carboxylic acids is 2. The van der Waals surface area contributed by atoms with Crippen LogP contribution in [0.1, 0.15) is 43.0 Å². The van der Waals surface area contributed by atoms with Gasteiger partial charge in [0.2, 0.25) is 5.91 Å². The zero-order chi connectivity index (χ0) is 19.2. The number of hydrogen-bond acceptors (Lipinski definition) is 3. The van der Waals surface area contributed by atoms with Crippen molar-refractivity contribution in [2.75, 3.05) is 39.3 Å². The van der Waals surface area contributed by atoms with Gasteiger partial charge in [0.15, 0.2) is 0 Å². The maximum atomic E-state index is 13.1. The Morgan fingerprint density at radius 3 is 2.39 bits per heavy atom. The summed E-state index contributed by atoms with van der Waals surface area (Å²) in [6, 6.07) is 5.63. The van der Waals surface area contributed by atoms with Gasteiger partial charge in [-0.15, -0.1) is 12.4 Å². The van der Waals surface area contributed by atoms with Crippen LogP contribution in [0.15, 0.2) is 24.3 Å². The van der Waals surface area contributed by atoms with Crippen LogP contribution in [0, 0.1) is 17.7 Å². The molecule has 0 aliphatic carbocycles. The topological polar surface area (TPSA) is 52.7 Å². The average Bonchev–Trinajstić information content (AvgIpc) is 2.72. The van der Waals surface area contributed by atoms with Crippen LogP contribution in [-0.4, -0.2) is 60.9 Å². The molecule has 1 N–H and O–H groups in total. The highest BCUT2D eigenvalue weighted by Crippen LogP contribution is 2.24. The lowest BCUT2D eigenvalue weighted by Crippen LogP contribution is -2.49. The van der Waals surface area contributed by atoms with Crippen molar-refractivity contribution < 1.29 is 14.0 Å². The van der Waals surface area contributed by atoms with Crippen molar-refractivity contribution in [3.8, 4) is 0 Å². The lowest BCUT2D eigenvalue weighted by Gasteiger charge is -2.38. The first kappa shape index (κ1) is 22.6. The van der Waals surface area contributed by atoms with Crippen LogP contribution in [0.25, 0.3) is 0 Å². The largest absolute Gasteiger partial charge is 0.342 e. The van der Waals surface area contributed by atoms with E-state index in [4.69, 9.17) is 0 Å². The second-order valence-corrected chi connectivity index (χ2v) is 7.67. The van der Waals surface area contributed by atoms with Gasteiger partial charge in [-0.1, -0.05) is 6.92 Å². The van der Waals surface area contributed by atoms with Gasteiger partial charge >= 0.3 is 0 Å². The highest BCUT2D eigenvalue weighted by Gasteiger charge is 2.33. The van der Waals surface area contributed by atoms with E-state index < -0.39 is 0 Å². The van der Waals surface area contributed by atoms with Crippen LogP contribution < -0.4 is 5.32 Å². The molecule has 156 valence electrons. The average molecular weight is 412 g/mol. The van der Waals surface area contributed by atoms with Crippen LogP contribution in [-0.2, 0) is 4.79 Å². The Morgan fingerprint density at radius 2 is 1.75 bits per heavy atom. The quantitative estimate of drug-likeness (QED) is 0.810.